The number of hydrogen-bond acceptors (Lipinski definition) is 7. The van der Waals surface area contributed by atoms with Gasteiger partial charge in [0.2, 0.25) is 0 Å². The lowest BCUT2D eigenvalue weighted by Crippen LogP contribution is -2.40. The summed E-state index contributed by atoms with van der Waals surface area (Å²) in [6.45, 7) is 4.78. The number of carboxylic acids is 1. The standard InChI is InChI=1S/C70H129NO8/c1-6-8-10-12-14-16-18-20-22-24-25-26-27-28-29-30-31-32-33-34-35-36-37-38-39-40-41-42-43-45-46-48-50-52-54-56-58-60-67(72)77-64-66(65-78-70(69(74)75)76-63-62-71(3,4)5)79-68(73)61-59-57-55-53-51-49-47-44-23-21-19-17-15-13-11-9-7-2/h9,11,15,17,21,23,47,49,66,70H,6-8,10,12-14,16,18-20,22,24-46,48,50-65H2,1-5H3/p+1/b11-9-,17-15-,23-21-,49-47-. The van der Waals surface area contributed by atoms with Gasteiger partial charge in [0.25, 0.3) is 6.29 Å². The van der Waals surface area contributed by atoms with Crippen LogP contribution in [0, 0.1) is 0 Å². The highest BCUT2D eigenvalue weighted by Gasteiger charge is 2.25. The van der Waals surface area contributed by atoms with Gasteiger partial charge in [0, 0.05) is 12.8 Å². The van der Waals surface area contributed by atoms with Gasteiger partial charge in [-0.1, -0.05) is 306 Å². The molecule has 0 bridgehead atoms. The van der Waals surface area contributed by atoms with Crippen molar-refractivity contribution in [1.29, 1.82) is 0 Å². The first-order valence-corrected chi connectivity index (χ1v) is 33.8. The lowest BCUT2D eigenvalue weighted by molar-refractivity contribution is -0.870. The number of aliphatic carboxylic acids is 1. The number of carbonyl (C=O) groups excluding carboxylic acids is 2. The molecule has 79 heavy (non-hydrogen) atoms. The van der Waals surface area contributed by atoms with Crippen LogP contribution in [0.4, 0.5) is 0 Å². The van der Waals surface area contributed by atoms with Gasteiger partial charge in [-0.2, -0.15) is 0 Å². The second kappa shape index (κ2) is 61.3. The van der Waals surface area contributed by atoms with Gasteiger partial charge >= 0.3 is 17.9 Å². The maximum absolute atomic E-state index is 12.9. The molecule has 1 N–H and O–H groups in total. The molecule has 0 aliphatic rings. The number of likely N-dealkylation sites (N-methyl/N-ethyl adjacent to an activating group) is 1. The molecule has 2 unspecified atom stereocenters. The number of unbranched alkanes of at least 4 members (excludes halogenated alkanes) is 40. The largest absolute Gasteiger partial charge is 0.477 e. The first-order chi connectivity index (χ1) is 38.6. The number of esters is 2. The smallest absolute Gasteiger partial charge is 0.361 e. The lowest BCUT2D eigenvalue weighted by Gasteiger charge is -2.25. The number of hydrogen-bond donors (Lipinski definition) is 1. The Kier molecular flexibility index (Phi) is 59.2. The summed E-state index contributed by atoms with van der Waals surface area (Å²) in [6, 6.07) is 0. The van der Waals surface area contributed by atoms with E-state index in [9.17, 15) is 19.5 Å². The molecule has 9 nitrogen and oxygen atoms in total. The fraction of sp³-hybridized carbons (Fsp3) is 0.843. The average Bonchev–Trinajstić information content (AvgIpc) is 3.42. The van der Waals surface area contributed by atoms with Crippen LogP contribution in [0.25, 0.3) is 0 Å². The first-order valence-electron chi connectivity index (χ1n) is 33.8. The summed E-state index contributed by atoms with van der Waals surface area (Å²) in [5, 5.41) is 9.71. The summed E-state index contributed by atoms with van der Waals surface area (Å²) in [7, 11) is 5.97. The highest BCUT2D eigenvalue weighted by atomic mass is 16.7. The minimum absolute atomic E-state index is 0.183. The summed E-state index contributed by atoms with van der Waals surface area (Å²) in [6.07, 6.45) is 75.4. The van der Waals surface area contributed by atoms with E-state index < -0.39 is 24.3 Å². The molecular weight excluding hydrogens is 983 g/mol. The molecule has 0 aromatic rings. The predicted molar refractivity (Wildman–Crippen MR) is 337 cm³/mol. The van der Waals surface area contributed by atoms with Crippen molar-refractivity contribution in [3.63, 3.8) is 0 Å². The SMILES string of the molecule is CC/C=C\C/C=C\C/C=C\C/C=C\CCCCCCC(=O)OC(COC(=O)CCCCCCCCCCCCCCCCCCCCCCCCCCCCCCCCCCCCCCC)COC(OCC[N+](C)(C)C)C(=O)O. The molecule has 0 aromatic heterocycles. The van der Waals surface area contributed by atoms with Gasteiger partial charge < -0.3 is 28.5 Å². The third kappa shape index (κ3) is 62.7. The van der Waals surface area contributed by atoms with E-state index in [1.54, 1.807) is 0 Å². The van der Waals surface area contributed by atoms with Crippen molar-refractivity contribution >= 4 is 17.9 Å². The zero-order chi connectivity index (χ0) is 57.6. The van der Waals surface area contributed by atoms with Gasteiger partial charge in [0.1, 0.15) is 13.2 Å². The highest BCUT2D eigenvalue weighted by molar-refractivity contribution is 5.71. The number of carbonyl (C=O) groups is 3. The van der Waals surface area contributed by atoms with Crippen molar-refractivity contribution in [2.24, 2.45) is 0 Å². The van der Waals surface area contributed by atoms with E-state index in [4.69, 9.17) is 18.9 Å². The molecular formula is C70H130NO8+. The van der Waals surface area contributed by atoms with Crippen LogP contribution in [0.2, 0.25) is 0 Å². The zero-order valence-electron chi connectivity index (χ0n) is 52.8. The van der Waals surface area contributed by atoms with Crippen LogP contribution in [0.1, 0.15) is 322 Å². The monoisotopic (exact) mass is 1110 g/mol. The zero-order valence-corrected chi connectivity index (χ0v) is 52.8. The maximum atomic E-state index is 12.9. The Balaban J connectivity index is 3.97. The molecule has 0 saturated carbocycles. The van der Waals surface area contributed by atoms with E-state index in [-0.39, 0.29) is 32.2 Å². The van der Waals surface area contributed by atoms with Crippen molar-refractivity contribution in [3.05, 3.63) is 48.6 Å². The minimum Gasteiger partial charge on any atom is -0.477 e. The Morgan fingerprint density at radius 2 is 0.722 bits per heavy atom. The normalized spacial score (nSPS) is 13.0. The van der Waals surface area contributed by atoms with Crippen molar-refractivity contribution in [2.75, 3.05) is 47.5 Å². The van der Waals surface area contributed by atoms with Crippen LogP contribution in [0.5, 0.6) is 0 Å². The highest BCUT2D eigenvalue weighted by Crippen LogP contribution is 2.19. The van der Waals surface area contributed by atoms with Gasteiger partial charge in [-0.25, -0.2) is 4.79 Å². The molecule has 0 saturated heterocycles. The topological polar surface area (TPSA) is 108 Å². The van der Waals surface area contributed by atoms with E-state index in [2.05, 4.69) is 62.5 Å². The molecule has 9 heteroatoms. The second-order valence-electron chi connectivity index (χ2n) is 24.1. The van der Waals surface area contributed by atoms with E-state index >= 15 is 0 Å². The molecule has 0 aliphatic carbocycles. The van der Waals surface area contributed by atoms with Gasteiger partial charge in [0.05, 0.1) is 34.4 Å². The molecule has 0 amide bonds. The summed E-state index contributed by atoms with van der Waals surface area (Å²) in [5.74, 6) is -2.02. The number of ether oxygens (including phenoxy) is 4. The van der Waals surface area contributed by atoms with Gasteiger partial charge in [-0.3, -0.25) is 9.59 Å². The molecule has 0 spiro atoms. The molecule has 0 aromatic carbocycles. The fourth-order valence-electron chi connectivity index (χ4n) is 9.95. The molecule has 462 valence electrons. The van der Waals surface area contributed by atoms with Crippen LogP contribution in [0.3, 0.4) is 0 Å². The van der Waals surface area contributed by atoms with Gasteiger partial charge in [0.15, 0.2) is 6.10 Å². The van der Waals surface area contributed by atoms with E-state index in [0.717, 1.165) is 70.6 Å². The molecule has 0 aliphatic heterocycles. The molecule has 0 heterocycles. The molecule has 2 atom stereocenters. The van der Waals surface area contributed by atoms with Crippen LogP contribution in [-0.2, 0) is 33.3 Å². The molecule has 0 radical (unpaired) electrons. The van der Waals surface area contributed by atoms with Crippen LogP contribution >= 0.6 is 0 Å². The number of carboxylic acid groups (broad SMARTS) is 1. The number of quaternary nitrogens is 1. The number of allylic oxidation sites excluding steroid dienone is 8. The van der Waals surface area contributed by atoms with E-state index in [1.165, 1.54) is 218 Å². The summed E-state index contributed by atoms with van der Waals surface area (Å²) < 4.78 is 22.9. The molecule has 0 fully saturated rings. The van der Waals surface area contributed by atoms with Crippen LogP contribution in [-0.4, -0.2) is 87.4 Å². The van der Waals surface area contributed by atoms with Gasteiger partial charge in [-0.15, -0.1) is 0 Å². The Morgan fingerprint density at radius 1 is 0.392 bits per heavy atom. The van der Waals surface area contributed by atoms with Gasteiger partial charge in [-0.05, 0) is 51.4 Å². The molecule has 0 rings (SSSR count). The van der Waals surface area contributed by atoms with Crippen LogP contribution < -0.4 is 0 Å². The van der Waals surface area contributed by atoms with Crippen molar-refractivity contribution in [1.82, 2.24) is 0 Å². The van der Waals surface area contributed by atoms with Crippen molar-refractivity contribution in [2.45, 2.75) is 334 Å². The Morgan fingerprint density at radius 3 is 1.08 bits per heavy atom. The second-order valence-corrected chi connectivity index (χ2v) is 24.1. The van der Waals surface area contributed by atoms with Crippen LogP contribution in [0.15, 0.2) is 48.6 Å². The fourth-order valence-corrected chi connectivity index (χ4v) is 9.95. The Hall–Kier alpha value is -2.75. The third-order valence-corrected chi connectivity index (χ3v) is 15.1. The number of nitrogens with zero attached hydrogens (tertiary/aromatic N) is 1. The Labute approximate surface area is 489 Å². The summed E-state index contributed by atoms with van der Waals surface area (Å²) in [5.41, 5.74) is 0. The lowest BCUT2D eigenvalue weighted by atomic mass is 10.0. The van der Waals surface area contributed by atoms with Crippen molar-refractivity contribution < 1.29 is 42.9 Å². The quantitative estimate of drug-likeness (QED) is 0.0211. The minimum atomic E-state index is -1.52. The van der Waals surface area contributed by atoms with E-state index in [1.807, 2.05) is 21.1 Å². The Bertz CT molecular complexity index is 1430. The first kappa shape index (κ1) is 76.2. The number of rotatable bonds is 63. The van der Waals surface area contributed by atoms with Crippen molar-refractivity contribution in [3.8, 4) is 0 Å². The summed E-state index contributed by atoms with van der Waals surface area (Å²) >= 11 is 0. The predicted octanol–water partition coefficient (Wildman–Crippen LogP) is 20.6. The average molecular weight is 1110 g/mol. The third-order valence-electron chi connectivity index (χ3n) is 15.1. The summed E-state index contributed by atoms with van der Waals surface area (Å²) in [4.78, 5) is 37.5. The maximum Gasteiger partial charge on any atom is 0.361 e. The van der Waals surface area contributed by atoms with E-state index in [0.29, 0.717) is 23.9 Å².